The monoisotopic (exact) mass is 311 g/mol. The van der Waals surface area contributed by atoms with E-state index in [2.05, 4.69) is 0 Å². The summed E-state index contributed by atoms with van der Waals surface area (Å²) in [5, 5.41) is 0.705. The van der Waals surface area contributed by atoms with Crippen LogP contribution in [0.5, 0.6) is 5.75 Å². The molecule has 4 nitrogen and oxygen atoms in total. The fraction of sp³-hybridized carbons (Fsp3) is 0.562. The highest BCUT2D eigenvalue weighted by molar-refractivity contribution is 6.30. The van der Waals surface area contributed by atoms with Crippen molar-refractivity contribution >= 4 is 17.5 Å². The van der Waals surface area contributed by atoms with E-state index in [0.717, 1.165) is 38.0 Å². The summed E-state index contributed by atoms with van der Waals surface area (Å²) in [4.78, 5) is 13.8. The molecule has 0 N–H and O–H groups in total. The Morgan fingerprint density at radius 1 is 1.38 bits per heavy atom. The summed E-state index contributed by atoms with van der Waals surface area (Å²) >= 11 is 5.81. The number of carbonyl (C=O) groups excluding carboxylic acids is 1. The molecule has 21 heavy (non-hydrogen) atoms. The fourth-order valence-corrected chi connectivity index (χ4v) is 2.43. The second-order valence-electron chi connectivity index (χ2n) is 5.27. The second kappa shape index (κ2) is 8.25. The maximum atomic E-state index is 12.0. The molecule has 1 heterocycles. The van der Waals surface area contributed by atoms with Gasteiger partial charge in [-0.05, 0) is 49.9 Å². The van der Waals surface area contributed by atoms with Crippen molar-refractivity contribution in [2.75, 3.05) is 26.8 Å². The van der Waals surface area contributed by atoms with Crippen LogP contribution in [0.25, 0.3) is 0 Å². The van der Waals surface area contributed by atoms with Gasteiger partial charge in [-0.2, -0.15) is 0 Å². The Bertz CT molecular complexity index is 443. The van der Waals surface area contributed by atoms with E-state index in [-0.39, 0.29) is 12.0 Å². The lowest BCUT2D eigenvalue weighted by Gasteiger charge is -2.20. The average molecular weight is 312 g/mol. The molecule has 1 aromatic carbocycles. The minimum atomic E-state index is -0.222. The van der Waals surface area contributed by atoms with Crippen molar-refractivity contribution in [2.45, 2.75) is 31.8 Å². The van der Waals surface area contributed by atoms with E-state index < -0.39 is 0 Å². The molecule has 1 fully saturated rings. The Hall–Kier alpha value is -1.26. The van der Waals surface area contributed by atoms with Gasteiger partial charge in [0.25, 0.3) is 5.91 Å². The van der Waals surface area contributed by atoms with Crippen LogP contribution in [0.2, 0.25) is 5.02 Å². The number of ether oxygens (including phenoxy) is 2. The van der Waals surface area contributed by atoms with Crippen LogP contribution < -0.4 is 4.74 Å². The summed E-state index contributed by atoms with van der Waals surface area (Å²) in [6, 6.07) is 7.33. The smallest absolute Gasteiger partial charge is 0.251 e. The molecular weight excluding hydrogens is 290 g/mol. The Kier molecular flexibility index (Phi) is 6.33. The normalized spacial score (nSPS) is 17.7. The molecule has 0 aromatic heterocycles. The van der Waals surface area contributed by atoms with Crippen LogP contribution in [0.15, 0.2) is 24.3 Å². The first-order chi connectivity index (χ1) is 10.2. The summed E-state index contributed by atoms with van der Waals surface area (Å²) in [5.74, 6) is 0.925. The molecule has 0 bridgehead atoms. The van der Waals surface area contributed by atoms with Gasteiger partial charge in [0.2, 0.25) is 0 Å². The van der Waals surface area contributed by atoms with Crippen molar-refractivity contribution in [3.8, 4) is 5.75 Å². The van der Waals surface area contributed by atoms with Crippen molar-refractivity contribution in [3.63, 3.8) is 0 Å². The summed E-state index contributed by atoms with van der Waals surface area (Å²) in [6.07, 6.45) is 3.44. The first kappa shape index (κ1) is 16.1. The van der Waals surface area contributed by atoms with Gasteiger partial charge in [-0.15, -0.1) is 0 Å². The number of likely N-dealkylation sites (N-methyl/N-ethyl adjacent to an activating group) is 1. The zero-order valence-corrected chi connectivity index (χ0v) is 13.1. The van der Waals surface area contributed by atoms with Crippen LogP contribution >= 0.6 is 11.6 Å². The third kappa shape index (κ3) is 5.21. The number of benzene rings is 1. The molecule has 1 aromatic rings. The van der Waals surface area contributed by atoms with Crippen LogP contribution in [0.3, 0.4) is 0 Å². The first-order valence-corrected chi connectivity index (χ1v) is 7.79. The third-order valence-electron chi connectivity index (χ3n) is 3.55. The lowest BCUT2D eigenvalue weighted by molar-refractivity contribution is -0.139. The number of rotatable bonds is 7. The molecule has 5 heteroatoms. The van der Waals surface area contributed by atoms with Crippen molar-refractivity contribution in [3.05, 3.63) is 29.3 Å². The van der Waals surface area contributed by atoms with Gasteiger partial charge in [-0.3, -0.25) is 4.79 Å². The lowest BCUT2D eigenvalue weighted by Crippen LogP contribution is -2.36. The topological polar surface area (TPSA) is 38.8 Å². The van der Waals surface area contributed by atoms with Crippen molar-refractivity contribution < 1.29 is 14.3 Å². The quantitative estimate of drug-likeness (QED) is 0.726. The number of unbranched alkanes of at least 4 members (excludes halogenated alkanes) is 1. The molecule has 116 valence electrons. The summed E-state index contributed by atoms with van der Waals surface area (Å²) in [6.45, 7) is 2.09. The molecular formula is C16H22ClNO3. The van der Waals surface area contributed by atoms with Crippen LogP contribution in [0, 0.1) is 0 Å². The Morgan fingerprint density at radius 3 is 2.81 bits per heavy atom. The number of hydrogen-bond acceptors (Lipinski definition) is 3. The van der Waals surface area contributed by atoms with Gasteiger partial charge in [0, 0.05) is 25.2 Å². The van der Waals surface area contributed by atoms with Gasteiger partial charge < -0.3 is 14.4 Å². The van der Waals surface area contributed by atoms with Crippen LogP contribution in [-0.4, -0.2) is 43.7 Å². The zero-order chi connectivity index (χ0) is 15.1. The highest BCUT2D eigenvalue weighted by Crippen LogP contribution is 2.16. The van der Waals surface area contributed by atoms with Gasteiger partial charge in [0.1, 0.15) is 11.9 Å². The van der Waals surface area contributed by atoms with Gasteiger partial charge in [0.05, 0.1) is 6.61 Å². The summed E-state index contributed by atoms with van der Waals surface area (Å²) in [7, 11) is 1.84. The predicted molar refractivity (Wildman–Crippen MR) is 82.8 cm³/mol. The minimum Gasteiger partial charge on any atom is -0.494 e. The molecule has 1 aliphatic heterocycles. The van der Waals surface area contributed by atoms with Crippen LogP contribution in [0.1, 0.15) is 25.7 Å². The van der Waals surface area contributed by atoms with E-state index in [4.69, 9.17) is 21.1 Å². The molecule has 0 radical (unpaired) electrons. The molecule has 1 saturated heterocycles. The van der Waals surface area contributed by atoms with E-state index in [1.807, 2.05) is 31.3 Å². The fourth-order valence-electron chi connectivity index (χ4n) is 2.30. The molecule has 1 atom stereocenters. The standard InChI is InChI=1S/C16H22ClNO3/c1-18(16(19)15-5-4-12-21-15)10-2-3-11-20-14-8-6-13(17)7-9-14/h6-9,15H,2-5,10-12H2,1H3. The molecule has 1 unspecified atom stereocenters. The number of amides is 1. The number of carbonyl (C=O) groups is 1. The third-order valence-corrected chi connectivity index (χ3v) is 3.80. The van der Waals surface area contributed by atoms with E-state index in [9.17, 15) is 4.79 Å². The molecule has 0 saturated carbocycles. The average Bonchev–Trinajstić information content (AvgIpc) is 3.02. The summed E-state index contributed by atoms with van der Waals surface area (Å²) < 4.78 is 11.0. The molecule has 1 amide bonds. The lowest BCUT2D eigenvalue weighted by atomic mass is 10.2. The van der Waals surface area contributed by atoms with E-state index in [0.29, 0.717) is 18.2 Å². The van der Waals surface area contributed by atoms with Crippen LogP contribution in [-0.2, 0) is 9.53 Å². The van der Waals surface area contributed by atoms with E-state index in [1.165, 1.54) is 0 Å². The zero-order valence-electron chi connectivity index (χ0n) is 12.4. The van der Waals surface area contributed by atoms with E-state index >= 15 is 0 Å². The highest BCUT2D eigenvalue weighted by Gasteiger charge is 2.25. The second-order valence-corrected chi connectivity index (χ2v) is 5.71. The maximum Gasteiger partial charge on any atom is 0.251 e. The van der Waals surface area contributed by atoms with Gasteiger partial charge >= 0.3 is 0 Å². The SMILES string of the molecule is CN(CCCCOc1ccc(Cl)cc1)C(=O)C1CCCO1. The molecule has 2 rings (SSSR count). The number of hydrogen-bond donors (Lipinski definition) is 0. The van der Waals surface area contributed by atoms with Crippen LogP contribution in [0.4, 0.5) is 0 Å². The maximum absolute atomic E-state index is 12.0. The van der Waals surface area contributed by atoms with Gasteiger partial charge in [-0.25, -0.2) is 0 Å². The minimum absolute atomic E-state index is 0.103. The van der Waals surface area contributed by atoms with Crippen molar-refractivity contribution in [1.29, 1.82) is 0 Å². The Balaban J connectivity index is 1.58. The van der Waals surface area contributed by atoms with Crippen molar-refractivity contribution in [2.24, 2.45) is 0 Å². The molecule has 0 spiro atoms. The predicted octanol–water partition coefficient (Wildman–Crippen LogP) is 3.14. The van der Waals surface area contributed by atoms with Crippen molar-refractivity contribution in [1.82, 2.24) is 4.90 Å². The molecule has 1 aliphatic rings. The van der Waals surface area contributed by atoms with E-state index in [1.54, 1.807) is 4.90 Å². The Labute approximate surface area is 131 Å². The van der Waals surface area contributed by atoms with Gasteiger partial charge in [0.15, 0.2) is 0 Å². The largest absolute Gasteiger partial charge is 0.494 e. The first-order valence-electron chi connectivity index (χ1n) is 7.42. The summed E-state index contributed by atoms with van der Waals surface area (Å²) in [5.41, 5.74) is 0. The highest BCUT2D eigenvalue weighted by atomic mass is 35.5. The Morgan fingerprint density at radius 2 is 2.14 bits per heavy atom. The number of nitrogens with zero attached hydrogens (tertiary/aromatic N) is 1. The van der Waals surface area contributed by atoms with Gasteiger partial charge in [-0.1, -0.05) is 11.6 Å². The number of halogens is 1. The molecule has 0 aliphatic carbocycles.